The molecule has 1 aromatic rings. The van der Waals surface area contributed by atoms with Crippen LogP contribution in [-0.2, 0) is 9.84 Å². The maximum Gasteiger partial charge on any atom is 0.187 e. The van der Waals surface area contributed by atoms with Gasteiger partial charge in [-0.05, 0) is 31.9 Å². The molecule has 0 radical (unpaired) electrons. The first kappa shape index (κ1) is 11.6. The third-order valence-corrected chi connectivity index (χ3v) is 4.71. The fourth-order valence-electron chi connectivity index (χ4n) is 1.72. The van der Waals surface area contributed by atoms with Gasteiger partial charge in [-0.3, -0.25) is 0 Å². The highest BCUT2D eigenvalue weighted by molar-refractivity contribution is 8.03. The summed E-state index contributed by atoms with van der Waals surface area (Å²) in [6.07, 6.45) is 0. The molecule has 0 fully saturated rings. The Bertz CT molecular complexity index is 424. The summed E-state index contributed by atoms with van der Waals surface area (Å²) in [5.74, 6) is 0. The van der Waals surface area contributed by atoms with E-state index in [4.69, 9.17) is 0 Å². The number of rotatable bonds is 2. The molecular weight excluding hydrogens is 216 g/mol. The summed E-state index contributed by atoms with van der Waals surface area (Å²) in [5.41, 5.74) is 2.69. The molecular formula is C10H14O2S2. The maximum absolute atomic E-state index is 11.7. The van der Waals surface area contributed by atoms with Gasteiger partial charge in [0.25, 0.3) is 0 Å². The minimum Gasteiger partial charge on any atom is -0.223 e. The van der Waals surface area contributed by atoms with E-state index in [-0.39, 0.29) is 5.08 Å². The summed E-state index contributed by atoms with van der Waals surface area (Å²) < 4.78 is 23.4. The topological polar surface area (TPSA) is 34.1 Å². The Balaban J connectivity index is 3.51. The molecule has 1 aromatic carbocycles. The predicted molar refractivity (Wildman–Crippen MR) is 61.7 cm³/mol. The smallest absolute Gasteiger partial charge is 0.187 e. The highest BCUT2D eigenvalue weighted by Gasteiger charge is 2.17. The average molecular weight is 230 g/mol. The second kappa shape index (κ2) is 3.95. The van der Waals surface area contributed by atoms with Gasteiger partial charge in [0.15, 0.2) is 9.84 Å². The lowest BCUT2D eigenvalue weighted by molar-refractivity contribution is 0.599. The van der Waals surface area contributed by atoms with Crippen molar-refractivity contribution in [2.24, 2.45) is 0 Å². The van der Waals surface area contributed by atoms with E-state index in [0.717, 1.165) is 16.7 Å². The Hall–Kier alpha value is -0.480. The van der Waals surface area contributed by atoms with E-state index in [2.05, 4.69) is 12.6 Å². The molecule has 0 saturated carbocycles. The van der Waals surface area contributed by atoms with Gasteiger partial charge in [-0.1, -0.05) is 17.7 Å². The zero-order valence-corrected chi connectivity index (χ0v) is 10.2. The largest absolute Gasteiger partial charge is 0.223 e. The number of thiol groups is 1. The molecule has 0 spiro atoms. The SMILES string of the molecule is Cc1cc(C)c(S(=O)(=O)CS)c(C)c1. The quantitative estimate of drug-likeness (QED) is 0.791. The van der Waals surface area contributed by atoms with Crippen molar-refractivity contribution in [3.05, 3.63) is 28.8 Å². The standard InChI is InChI=1S/C10H14O2S2/c1-7-4-8(2)10(9(3)5-7)14(11,12)6-13/h4-5,13H,6H2,1-3H3. The van der Waals surface area contributed by atoms with Crippen molar-refractivity contribution in [1.82, 2.24) is 0 Å². The van der Waals surface area contributed by atoms with Gasteiger partial charge in [0, 0.05) is 0 Å². The fourth-order valence-corrected chi connectivity index (χ4v) is 3.34. The molecule has 0 amide bonds. The monoisotopic (exact) mass is 230 g/mol. The summed E-state index contributed by atoms with van der Waals surface area (Å²) in [6, 6.07) is 3.76. The van der Waals surface area contributed by atoms with Crippen LogP contribution in [0.2, 0.25) is 0 Å². The Morgan fingerprint density at radius 2 is 1.57 bits per heavy atom. The lowest BCUT2D eigenvalue weighted by Gasteiger charge is -2.10. The third-order valence-electron chi connectivity index (χ3n) is 2.09. The Morgan fingerprint density at radius 3 is 1.93 bits per heavy atom. The lowest BCUT2D eigenvalue weighted by Crippen LogP contribution is -2.07. The van der Waals surface area contributed by atoms with Gasteiger partial charge in [-0.15, -0.1) is 0 Å². The second-order valence-corrected chi connectivity index (χ2v) is 6.14. The van der Waals surface area contributed by atoms with Crippen LogP contribution in [-0.4, -0.2) is 13.5 Å². The molecule has 0 aliphatic carbocycles. The van der Waals surface area contributed by atoms with E-state index in [9.17, 15) is 8.42 Å². The van der Waals surface area contributed by atoms with Crippen molar-refractivity contribution >= 4 is 22.5 Å². The number of hydrogen-bond donors (Lipinski definition) is 1. The van der Waals surface area contributed by atoms with Crippen LogP contribution in [0.4, 0.5) is 0 Å². The Labute approximate surface area is 90.7 Å². The summed E-state index contributed by atoms with van der Waals surface area (Å²) in [5, 5.41) is -0.141. The van der Waals surface area contributed by atoms with Crippen LogP contribution >= 0.6 is 12.6 Å². The lowest BCUT2D eigenvalue weighted by atomic mass is 10.1. The second-order valence-electron chi connectivity index (χ2n) is 3.47. The number of hydrogen-bond acceptors (Lipinski definition) is 3. The number of aryl methyl sites for hydroxylation is 3. The van der Waals surface area contributed by atoms with Crippen molar-refractivity contribution in [3.8, 4) is 0 Å². The minimum atomic E-state index is -3.21. The number of sulfone groups is 1. The molecule has 0 unspecified atom stereocenters. The van der Waals surface area contributed by atoms with E-state index < -0.39 is 9.84 Å². The van der Waals surface area contributed by atoms with Gasteiger partial charge < -0.3 is 0 Å². The molecule has 78 valence electrons. The van der Waals surface area contributed by atoms with Crippen molar-refractivity contribution in [2.75, 3.05) is 5.08 Å². The molecule has 0 aliphatic rings. The molecule has 1 rings (SSSR count). The van der Waals surface area contributed by atoms with Crippen LogP contribution in [0, 0.1) is 20.8 Å². The first-order chi connectivity index (χ1) is 6.38. The van der Waals surface area contributed by atoms with Crippen LogP contribution in [0.3, 0.4) is 0 Å². The molecule has 0 saturated heterocycles. The van der Waals surface area contributed by atoms with Gasteiger partial charge in [-0.2, -0.15) is 12.6 Å². The highest BCUT2D eigenvalue weighted by atomic mass is 32.2. The van der Waals surface area contributed by atoms with Gasteiger partial charge in [0.2, 0.25) is 0 Å². The maximum atomic E-state index is 11.7. The van der Waals surface area contributed by atoms with E-state index >= 15 is 0 Å². The molecule has 0 N–H and O–H groups in total. The van der Waals surface area contributed by atoms with Crippen LogP contribution in [0.1, 0.15) is 16.7 Å². The molecule has 0 bridgehead atoms. The molecule has 14 heavy (non-hydrogen) atoms. The van der Waals surface area contributed by atoms with Crippen LogP contribution in [0.15, 0.2) is 17.0 Å². The van der Waals surface area contributed by atoms with Gasteiger partial charge in [0.1, 0.15) is 0 Å². The number of benzene rings is 1. The predicted octanol–water partition coefficient (Wildman–Crippen LogP) is 2.27. The van der Waals surface area contributed by atoms with Crippen molar-refractivity contribution in [1.29, 1.82) is 0 Å². The van der Waals surface area contributed by atoms with E-state index in [0.29, 0.717) is 4.90 Å². The highest BCUT2D eigenvalue weighted by Crippen LogP contribution is 2.23. The van der Waals surface area contributed by atoms with Crippen molar-refractivity contribution < 1.29 is 8.42 Å². The minimum absolute atomic E-state index is 0.141. The molecule has 0 heterocycles. The van der Waals surface area contributed by atoms with E-state index in [1.54, 1.807) is 0 Å². The van der Waals surface area contributed by atoms with Crippen molar-refractivity contribution in [2.45, 2.75) is 25.7 Å². The third kappa shape index (κ3) is 2.12. The van der Waals surface area contributed by atoms with Crippen LogP contribution < -0.4 is 0 Å². The van der Waals surface area contributed by atoms with Gasteiger partial charge >= 0.3 is 0 Å². The van der Waals surface area contributed by atoms with E-state index in [1.807, 2.05) is 32.9 Å². The Kier molecular flexibility index (Phi) is 3.27. The normalized spacial score (nSPS) is 11.7. The van der Waals surface area contributed by atoms with Crippen LogP contribution in [0.25, 0.3) is 0 Å². The molecule has 0 atom stereocenters. The van der Waals surface area contributed by atoms with E-state index in [1.165, 1.54) is 0 Å². The fraction of sp³-hybridized carbons (Fsp3) is 0.400. The molecule has 2 nitrogen and oxygen atoms in total. The molecule has 0 aromatic heterocycles. The first-order valence-electron chi connectivity index (χ1n) is 4.30. The first-order valence-corrected chi connectivity index (χ1v) is 6.58. The van der Waals surface area contributed by atoms with Gasteiger partial charge in [0.05, 0.1) is 9.98 Å². The molecule has 4 heteroatoms. The zero-order valence-electron chi connectivity index (χ0n) is 8.53. The summed E-state index contributed by atoms with van der Waals surface area (Å²) in [6.45, 7) is 5.59. The average Bonchev–Trinajstić information content (AvgIpc) is 2.01. The van der Waals surface area contributed by atoms with Crippen molar-refractivity contribution in [3.63, 3.8) is 0 Å². The summed E-state index contributed by atoms with van der Waals surface area (Å²) in [7, 11) is -3.21. The van der Waals surface area contributed by atoms with Gasteiger partial charge in [-0.25, -0.2) is 8.42 Å². The van der Waals surface area contributed by atoms with Crippen LogP contribution in [0.5, 0.6) is 0 Å². The summed E-state index contributed by atoms with van der Waals surface area (Å²) >= 11 is 3.85. The summed E-state index contributed by atoms with van der Waals surface area (Å²) in [4.78, 5) is 0.429. The zero-order chi connectivity index (χ0) is 10.9. The molecule has 0 aliphatic heterocycles. The Morgan fingerprint density at radius 1 is 1.14 bits per heavy atom.